The summed E-state index contributed by atoms with van der Waals surface area (Å²) in [5.41, 5.74) is 1.63. The van der Waals surface area contributed by atoms with E-state index < -0.39 is 5.97 Å². The molecule has 106 valence electrons. The highest BCUT2D eigenvalue weighted by atomic mass is 16.4. The molecule has 0 aliphatic carbocycles. The largest absolute Gasteiger partial charge is 0.477 e. The molecule has 6 heteroatoms. The van der Waals surface area contributed by atoms with Gasteiger partial charge in [0.2, 0.25) is 0 Å². The standard InChI is InChI=1S/C13H21N3O3/c1-8-10(9(2)14-11(8)13(18)19)12(17)16(5)7-6-15(3)4/h14H,6-7H2,1-5H3,(H,18,19). The van der Waals surface area contributed by atoms with Gasteiger partial charge in [0.05, 0.1) is 5.56 Å². The van der Waals surface area contributed by atoms with E-state index in [0.29, 0.717) is 23.4 Å². The van der Waals surface area contributed by atoms with Crippen LogP contribution in [0.4, 0.5) is 0 Å². The number of rotatable bonds is 5. The number of carbonyl (C=O) groups is 2. The second kappa shape index (κ2) is 5.88. The SMILES string of the molecule is Cc1[nH]c(C(=O)O)c(C)c1C(=O)N(C)CCN(C)C. The van der Waals surface area contributed by atoms with Gasteiger partial charge in [-0.05, 0) is 33.5 Å². The molecule has 0 aliphatic rings. The van der Waals surface area contributed by atoms with Crippen LogP contribution in [0.15, 0.2) is 0 Å². The number of amides is 1. The van der Waals surface area contributed by atoms with Gasteiger partial charge in [0, 0.05) is 25.8 Å². The fraction of sp³-hybridized carbons (Fsp3) is 0.538. The zero-order chi connectivity index (χ0) is 14.7. The molecule has 1 heterocycles. The summed E-state index contributed by atoms with van der Waals surface area (Å²) in [7, 11) is 5.60. The lowest BCUT2D eigenvalue weighted by molar-refractivity contribution is 0.0690. The third-order valence-electron chi connectivity index (χ3n) is 3.09. The number of aromatic nitrogens is 1. The van der Waals surface area contributed by atoms with Crippen LogP contribution < -0.4 is 0 Å². The van der Waals surface area contributed by atoms with Gasteiger partial charge >= 0.3 is 5.97 Å². The van der Waals surface area contributed by atoms with E-state index in [4.69, 9.17) is 5.11 Å². The highest BCUT2D eigenvalue weighted by Gasteiger charge is 2.23. The third-order valence-corrected chi connectivity index (χ3v) is 3.09. The average molecular weight is 267 g/mol. The Morgan fingerprint density at radius 1 is 1.16 bits per heavy atom. The monoisotopic (exact) mass is 267 g/mol. The van der Waals surface area contributed by atoms with E-state index in [-0.39, 0.29) is 11.6 Å². The molecule has 1 aromatic rings. The number of carbonyl (C=O) groups excluding carboxylic acids is 1. The summed E-state index contributed by atoms with van der Waals surface area (Å²) in [4.78, 5) is 29.7. The third kappa shape index (κ3) is 3.35. The number of H-pyrrole nitrogens is 1. The van der Waals surface area contributed by atoms with E-state index in [1.807, 2.05) is 19.0 Å². The van der Waals surface area contributed by atoms with Gasteiger partial charge in [0.25, 0.3) is 5.91 Å². The smallest absolute Gasteiger partial charge is 0.352 e. The molecular weight excluding hydrogens is 246 g/mol. The summed E-state index contributed by atoms with van der Waals surface area (Å²) < 4.78 is 0. The minimum Gasteiger partial charge on any atom is -0.477 e. The van der Waals surface area contributed by atoms with Gasteiger partial charge < -0.3 is 19.9 Å². The highest BCUT2D eigenvalue weighted by Crippen LogP contribution is 2.19. The van der Waals surface area contributed by atoms with Crippen LogP contribution >= 0.6 is 0 Å². The van der Waals surface area contributed by atoms with Crippen LogP contribution in [0, 0.1) is 13.8 Å². The van der Waals surface area contributed by atoms with Gasteiger partial charge in [-0.1, -0.05) is 0 Å². The topological polar surface area (TPSA) is 76.6 Å². The molecule has 1 rings (SSSR count). The first-order valence-electron chi connectivity index (χ1n) is 6.08. The molecule has 1 aromatic heterocycles. The van der Waals surface area contributed by atoms with E-state index in [9.17, 15) is 9.59 Å². The summed E-state index contributed by atoms with van der Waals surface area (Å²) >= 11 is 0. The molecule has 0 saturated heterocycles. The van der Waals surface area contributed by atoms with Gasteiger partial charge in [-0.2, -0.15) is 0 Å². The Morgan fingerprint density at radius 3 is 2.16 bits per heavy atom. The number of hydrogen-bond donors (Lipinski definition) is 2. The van der Waals surface area contributed by atoms with E-state index in [2.05, 4.69) is 4.98 Å². The Labute approximate surface area is 113 Å². The number of aryl methyl sites for hydroxylation is 1. The molecule has 2 N–H and O–H groups in total. The first kappa shape index (κ1) is 15.2. The summed E-state index contributed by atoms with van der Waals surface area (Å²) in [5, 5.41) is 9.04. The summed E-state index contributed by atoms with van der Waals surface area (Å²) in [6, 6.07) is 0. The fourth-order valence-corrected chi connectivity index (χ4v) is 1.93. The number of carboxylic acids is 1. The molecule has 1 amide bonds. The lowest BCUT2D eigenvalue weighted by Gasteiger charge is -2.20. The lowest BCUT2D eigenvalue weighted by atomic mass is 10.1. The molecule has 6 nitrogen and oxygen atoms in total. The summed E-state index contributed by atoms with van der Waals surface area (Å²) in [5.74, 6) is -1.20. The van der Waals surface area contributed by atoms with Crippen molar-refractivity contribution in [3.8, 4) is 0 Å². The second-order valence-electron chi connectivity index (χ2n) is 4.96. The fourth-order valence-electron chi connectivity index (χ4n) is 1.93. The average Bonchev–Trinajstić information content (AvgIpc) is 2.61. The van der Waals surface area contributed by atoms with Crippen molar-refractivity contribution in [2.75, 3.05) is 34.2 Å². The maximum Gasteiger partial charge on any atom is 0.352 e. The molecule has 0 aromatic carbocycles. The molecule has 19 heavy (non-hydrogen) atoms. The normalized spacial score (nSPS) is 10.8. The number of likely N-dealkylation sites (N-methyl/N-ethyl adjacent to an activating group) is 2. The summed E-state index contributed by atoms with van der Waals surface area (Å²) in [6.07, 6.45) is 0. The van der Waals surface area contributed by atoms with Gasteiger partial charge in [0.1, 0.15) is 5.69 Å². The van der Waals surface area contributed by atoms with Crippen molar-refractivity contribution >= 4 is 11.9 Å². The van der Waals surface area contributed by atoms with Gasteiger partial charge in [-0.3, -0.25) is 4.79 Å². The molecule has 0 atom stereocenters. The van der Waals surface area contributed by atoms with Crippen LogP contribution in [-0.4, -0.2) is 66.0 Å². The predicted octanol–water partition coefficient (Wildman–Crippen LogP) is 0.963. The van der Waals surface area contributed by atoms with Crippen LogP contribution in [0.25, 0.3) is 0 Å². The van der Waals surface area contributed by atoms with E-state index in [1.54, 1.807) is 25.8 Å². The van der Waals surface area contributed by atoms with Crippen molar-refractivity contribution < 1.29 is 14.7 Å². The Morgan fingerprint density at radius 2 is 1.74 bits per heavy atom. The minimum absolute atomic E-state index is 0.0851. The number of hydrogen-bond acceptors (Lipinski definition) is 3. The molecule has 0 aliphatic heterocycles. The molecule has 0 unspecified atom stereocenters. The number of nitrogens with zero attached hydrogens (tertiary/aromatic N) is 2. The van der Waals surface area contributed by atoms with Gasteiger partial charge in [-0.25, -0.2) is 4.79 Å². The molecule has 0 radical (unpaired) electrons. The predicted molar refractivity (Wildman–Crippen MR) is 72.7 cm³/mol. The number of nitrogens with one attached hydrogen (secondary N) is 1. The quantitative estimate of drug-likeness (QED) is 0.833. The Bertz CT molecular complexity index is 492. The van der Waals surface area contributed by atoms with E-state index in [0.717, 1.165) is 6.54 Å². The first-order chi connectivity index (χ1) is 8.75. The maximum absolute atomic E-state index is 12.3. The molecule has 0 bridgehead atoms. The highest BCUT2D eigenvalue weighted by molar-refractivity contribution is 6.00. The molecular formula is C13H21N3O3. The van der Waals surface area contributed by atoms with Crippen molar-refractivity contribution in [2.24, 2.45) is 0 Å². The molecule has 0 fully saturated rings. The van der Waals surface area contributed by atoms with Crippen LogP contribution in [0.1, 0.15) is 32.1 Å². The Kier molecular flexibility index (Phi) is 4.72. The number of aromatic amines is 1. The van der Waals surface area contributed by atoms with Crippen molar-refractivity contribution in [3.05, 3.63) is 22.5 Å². The van der Waals surface area contributed by atoms with Crippen molar-refractivity contribution in [2.45, 2.75) is 13.8 Å². The van der Waals surface area contributed by atoms with Gasteiger partial charge in [-0.15, -0.1) is 0 Å². The van der Waals surface area contributed by atoms with Crippen molar-refractivity contribution in [3.63, 3.8) is 0 Å². The van der Waals surface area contributed by atoms with Crippen LogP contribution in [0.2, 0.25) is 0 Å². The zero-order valence-electron chi connectivity index (χ0n) is 12.1. The second-order valence-corrected chi connectivity index (χ2v) is 4.96. The zero-order valence-corrected chi connectivity index (χ0v) is 12.1. The van der Waals surface area contributed by atoms with Crippen LogP contribution in [-0.2, 0) is 0 Å². The van der Waals surface area contributed by atoms with E-state index >= 15 is 0 Å². The minimum atomic E-state index is -1.05. The number of aromatic carboxylic acids is 1. The van der Waals surface area contributed by atoms with Gasteiger partial charge in [0.15, 0.2) is 0 Å². The van der Waals surface area contributed by atoms with Crippen LogP contribution in [0.3, 0.4) is 0 Å². The number of carboxylic acid groups (broad SMARTS) is 1. The van der Waals surface area contributed by atoms with Crippen molar-refractivity contribution in [1.29, 1.82) is 0 Å². The summed E-state index contributed by atoms with van der Waals surface area (Å²) in [6.45, 7) is 4.72. The lowest BCUT2D eigenvalue weighted by Crippen LogP contribution is -2.34. The van der Waals surface area contributed by atoms with Crippen molar-refractivity contribution in [1.82, 2.24) is 14.8 Å². The first-order valence-corrected chi connectivity index (χ1v) is 6.08. The Hall–Kier alpha value is -1.82. The van der Waals surface area contributed by atoms with E-state index in [1.165, 1.54) is 0 Å². The Balaban J connectivity index is 2.97. The molecule has 0 spiro atoms. The molecule has 0 saturated carbocycles. The maximum atomic E-state index is 12.3. The van der Waals surface area contributed by atoms with Crippen LogP contribution in [0.5, 0.6) is 0 Å².